The Morgan fingerprint density at radius 2 is 1.94 bits per heavy atom. The van der Waals surface area contributed by atoms with Crippen LogP contribution in [0, 0.1) is 11.3 Å². The van der Waals surface area contributed by atoms with Crippen LogP contribution in [0.4, 0.5) is 0 Å². The molecule has 1 heterocycles. The fraction of sp³-hybridized carbons (Fsp3) is 0.929. The van der Waals surface area contributed by atoms with Gasteiger partial charge in [0, 0.05) is 6.54 Å². The predicted molar refractivity (Wildman–Crippen MR) is 71.1 cm³/mol. The number of likely N-dealkylation sites (tertiary alicyclic amines) is 1. The summed E-state index contributed by atoms with van der Waals surface area (Å²) in [4.78, 5) is 14.3. The number of ether oxygens (including phenoxy) is 1. The molecule has 1 aliphatic carbocycles. The number of carbonyl (C=O) groups excluding carboxylic acids is 1. The Labute approximate surface area is 110 Å². The van der Waals surface area contributed by atoms with Crippen molar-refractivity contribution in [2.45, 2.75) is 45.1 Å². The summed E-state index contributed by atoms with van der Waals surface area (Å²) in [5.41, 5.74) is 5.99. The van der Waals surface area contributed by atoms with Gasteiger partial charge in [-0.3, -0.25) is 4.79 Å². The van der Waals surface area contributed by atoms with E-state index in [2.05, 4.69) is 18.7 Å². The van der Waals surface area contributed by atoms with Gasteiger partial charge in [0.15, 0.2) is 0 Å². The van der Waals surface area contributed by atoms with Gasteiger partial charge in [-0.1, -0.05) is 13.8 Å². The molecule has 2 N–H and O–H groups in total. The Balaban J connectivity index is 1.96. The van der Waals surface area contributed by atoms with Crippen LogP contribution in [0.15, 0.2) is 0 Å². The minimum atomic E-state index is -0.782. The summed E-state index contributed by atoms with van der Waals surface area (Å²) >= 11 is 0. The SMILES string of the molecule is COC(=O)C(N)(CN1CCC(C)(C)CC1)C1CC1. The molecule has 4 heteroatoms. The number of piperidine rings is 1. The first kappa shape index (κ1) is 13.8. The molecule has 1 saturated heterocycles. The van der Waals surface area contributed by atoms with Crippen molar-refractivity contribution in [1.82, 2.24) is 4.90 Å². The largest absolute Gasteiger partial charge is 0.468 e. The van der Waals surface area contributed by atoms with Gasteiger partial charge in [-0.15, -0.1) is 0 Å². The number of esters is 1. The fourth-order valence-corrected chi connectivity index (χ4v) is 2.84. The highest BCUT2D eigenvalue weighted by atomic mass is 16.5. The Hall–Kier alpha value is -0.610. The number of rotatable bonds is 4. The van der Waals surface area contributed by atoms with E-state index in [4.69, 9.17) is 10.5 Å². The highest BCUT2D eigenvalue weighted by Crippen LogP contribution is 2.40. The second kappa shape index (κ2) is 4.82. The second-order valence-electron chi connectivity index (χ2n) is 6.75. The summed E-state index contributed by atoms with van der Waals surface area (Å²) in [6, 6.07) is 0. The quantitative estimate of drug-likeness (QED) is 0.770. The van der Waals surface area contributed by atoms with Crippen molar-refractivity contribution in [1.29, 1.82) is 0 Å². The Bertz CT molecular complexity index is 316. The van der Waals surface area contributed by atoms with Gasteiger partial charge < -0.3 is 15.4 Å². The maximum atomic E-state index is 11.9. The van der Waals surface area contributed by atoms with Crippen LogP contribution in [0.3, 0.4) is 0 Å². The van der Waals surface area contributed by atoms with Gasteiger partial charge in [-0.2, -0.15) is 0 Å². The molecule has 2 aliphatic rings. The van der Waals surface area contributed by atoms with Gasteiger partial charge in [-0.05, 0) is 50.1 Å². The molecule has 0 amide bonds. The number of hydrogen-bond acceptors (Lipinski definition) is 4. The predicted octanol–water partition coefficient (Wildman–Crippen LogP) is 1.39. The Morgan fingerprint density at radius 1 is 1.39 bits per heavy atom. The van der Waals surface area contributed by atoms with Gasteiger partial charge in [0.2, 0.25) is 0 Å². The third kappa shape index (κ3) is 2.86. The topological polar surface area (TPSA) is 55.6 Å². The average Bonchev–Trinajstić information content (AvgIpc) is 3.15. The van der Waals surface area contributed by atoms with Crippen LogP contribution in [0.5, 0.6) is 0 Å². The molecule has 1 atom stereocenters. The molecule has 0 aromatic rings. The number of methoxy groups -OCH3 is 1. The first-order valence-electron chi connectivity index (χ1n) is 6.97. The van der Waals surface area contributed by atoms with Crippen LogP contribution in [0.1, 0.15) is 39.5 Å². The molecular weight excluding hydrogens is 228 g/mol. The van der Waals surface area contributed by atoms with E-state index in [-0.39, 0.29) is 5.97 Å². The molecule has 0 spiro atoms. The van der Waals surface area contributed by atoms with Gasteiger partial charge in [0.05, 0.1) is 7.11 Å². The third-order valence-corrected chi connectivity index (χ3v) is 4.57. The molecule has 18 heavy (non-hydrogen) atoms. The van der Waals surface area contributed by atoms with E-state index in [9.17, 15) is 4.79 Å². The van der Waals surface area contributed by atoms with Crippen LogP contribution >= 0.6 is 0 Å². The van der Waals surface area contributed by atoms with Crippen LogP contribution in [0.25, 0.3) is 0 Å². The lowest BCUT2D eigenvalue weighted by molar-refractivity contribution is -0.149. The lowest BCUT2D eigenvalue weighted by Gasteiger charge is -2.40. The maximum Gasteiger partial charge on any atom is 0.327 e. The number of nitrogens with zero attached hydrogens (tertiary/aromatic N) is 1. The minimum Gasteiger partial charge on any atom is -0.468 e. The fourth-order valence-electron chi connectivity index (χ4n) is 2.84. The van der Waals surface area contributed by atoms with E-state index < -0.39 is 5.54 Å². The molecule has 1 aliphatic heterocycles. The zero-order valence-electron chi connectivity index (χ0n) is 11.9. The summed E-state index contributed by atoms with van der Waals surface area (Å²) in [5, 5.41) is 0. The van der Waals surface area contributed by atoms with Crippen molar-refractivity contribution in [2.24, 2.45) is 17.1 Å². The molecule has 2 rings (SSSR count). The second-order valence-corrected chi connectivity index (χ2v) is 6.75. The van der Waals surface area contributed by atoms with Crippen molar-refractivity contribution in [3.05, 3.63) is 0 Å². The Kier molecular flexibility index (Phi) is 3.70. The molecule has 1 saturated carbocycles. The van der Waals surface area contributed by atoms with E-state index in [0.717, 1.165) is 25.9 Å². The first-order chi connectivity index (χ1) is 8.37. The van der Waals surface area contributed by atoms with E-state index in [1.807, 2.05) is 0 Å². The Morgan fingerprint density at radius 3 is 2.39 bits per heavy atom. The van der Waals surface area contributed by atoms with Crippen LogP contribution in [-0.4, -0.2) is 43.2 Å². The van der Waals surface area contributed by atoms with Gasteiger partial charge in [-0.25, -0.2) is 0 Å². The van der Waals surface area contributed by atoms with Crippen LogP contribution in [0.2, 0.25) is 0 Å². The first-order valence-corrected chi connectivity index (χ1v) is 6.97. The van der Waals surface area contributed by atoms with Crippen molar-refractivity contribution in [3.63, 3.8) is 0 Å². The van der Waals surface area contributed by atoms with E-state index in [1.54, 1.807) is 0 Å². The lowest BCUT2D eigenvalue weighted by atomic mass is 9.82. The molecule has 104 valence electrons. The average molecular weight is 254 g/mol. The number of hydrogen-bond donors (Lipinski definition) is 1. The molecule has 0 bridgehead atoms. The third-order valence-electron chi connectivity index (χ3n) is 4.57. The molecule has 2 fully saturated rings. The summed E-state index contributed by atoms with van der Waals surface area (Å²) < 4.78 is 4.91. The molecule has 0 aromatic carbocycles. The molecular formula is C14H26N2O2. The highest BCUT2D eigenvalue weighted by molar-refractivity contribution is 5.81. The van der Waals surface area contributed by atoms with Crippen molar-refractivity contribution >= 4 is 5.97 Å². The summed E-state index contributed by atoms with van der Waals surface area (Å²) in [6.07, 6.45) is 4.47. The summed E-state index contributed by atoms with van der Waals surface area (Å²) in [7, 11) is 1.44. The zero-order chi connectivity index (χ0) is 13.4. The van der Waals surface area contributed by atoms with Crippen LogP contribution < -0.4 is 5.73 Å². The summed E-state index contributed by atoms with van der Waals surface area (Å²) in [6.45, 7) is 7.34. The lowest BCUT2D eigenvalue weighted by Crippen LogP contribution is -2.59. The van der Waals surface area contributed by atoms with E-state index in [0.29, 0.717) is 17.9 Å². The summed E-state index contributed by atoms with van der Waals surface area (Å²) in [5.74, 6) is 0.0784. The standard InChI is InChI=1S/C14H26N2O2/c1-13(2)6-8-16(9-7-13)10-14(15,11-4-5-11)12(17)18-3/h11H,4-10,15H2,1-3H3. The van der Waals surface area contributed by atoms with Gasteiger partial charge in [0.25, 0.3) is 0 Å². The van der Waals surface area contributed by atoms with E-state index >= 15 is 0 Å². The molecule has 4 nitrogen and oxygen atoms in total. The molecule has 0 aromatic heterocycles. The van der Waals surface area contributed by atoms with Crippen molar-refractivity contribution in [3.8, 4) is 0 Å². The smallest absolute Gasteiger partial charge is 0.327 e. The van der Waals surface area contributed by atoms with Crippen molar-refractivity contribution < 1.29 is 9.53 Å². The zero-order valence-corrected chi connectivity index (χ0v) is 11.9. The normalized spacial score (nSPS) is 27.6. The number of nitrogens with two attached hydrogens (primary N) is 1. The maximum absolute atomic E-state index is 11.9. The van der Waals surface area contributed by atoms with Gasteiger partial charge in [0.1, 0.15) is 5.54 Å². The monoisotopic (exact) mass is 254 g/mol. The molecule has 1 unspecified atom stereocenters. The van der Waals surface area contributed by atoms with Gasteiger partial charge >= 0.3 is 5.97 Å². The number of carbonyl (C=O) groups is 1. The minimum absolute atomic E-state index is 0.241. The van der Waals surface area contributed by atoms with Crippen molar-refractivity contribution in [2.75, 3.05) is 26.7 Å². The van der Waals surface area contributed by atoms with Crippen LogP contribution in [-0.2, 0) is 9.53 Å². The highest BCUT2D eigenvalue weighted by Gasteiger charge is 2.50. The molecule has 0 radical (unpaired) electrons. The van der Waals surface area contributed by atoms with E-state index in [1.165, 1.54) is 20.0 Å².